The Hall–Kier alpha value is -2.10. The van der Waals surface area contributed by atoms with E-state index in [2.05, 4.69) is 42.5 Å². The summed E-state index contributed by atoms with van der Waals surface area (Å²) in [6, 6.07) is 16.6. The molecule has 0 radical (unpaired) electrons. The van der Waals surface area contributed by atoms with Crippen molar-refractivity contribution in [2.24, 2.45) is 5.73 Å². The SMILES string of the molecule is COCCOc1ccccc1/C=C/c1cccc(CCCN)c1. The second-order valence-corrected chi connectivity index (χ2v) is 5.35. The van der Waals surface area contributed by atoms with Crippen LogP contribution in [-0.4, -0.2) is 26.9 Å². The third kappa shape index (κ3) is 5.89. The van der Waals surface area contributed by atoms with Crippen molar-refractivity contribution in [1.82, 2.24) is 0 Å². The van der Waals surface area contributed by atoms with Gasteiger partial charge in [0.1, 0.15) is 12.4 Å². The maximum absolute atomic E-state index is 5.75. The van der Waals surface area contributed by atoms with Crippen molar-refractivity contribution >= 4 is 12.2 Å². The number of methoxy groups -OCH3 is 1. The van der Waals surface area contributed by atoms with Gasteiger partial charge in [-0.3, -0.25) is 0 Å². The van der Waals surface area contributed by atoms with Gasteiger partial charge in [-0.2, -0.15) is 0 Å². The molecule has 23 heavy (non-hydrogen) atoms. The second-order valence-electron chi connectivity index (χ2n) is 5.35. The summed E-state index contributed by atoms with van der Waals surface area (Å²) in [6.45, 7) is 1.86. The maximum atomic E-state index is 5.75. The Labute approximate surface area is 138 Å². The van der Waals surface area contributed by atoms with Crippen LogP contribution in [0.1, 0.15) is 23.1 Å². The largest absolute Gasteiger partial charge is 0.491 e. The molecule has 0 aliphatic heterocycles. The average Bonchev–Trinajstić information content (AvgIpc) is 2.60. The molecule has 3 nitrogen and oxygen atoms in total. The quantitative estimate of drug-likeness (QED) is 0.566. The fourth-order valence-electron chi connectivity index (χ4n) is 2.33. The molecule has 0 spiro atoms. The Morgan fingerprint density at radius 2 is 1.87 bits per heavy atom. The smallest absolute Gasteiger partial charge is 0.126 e. The summed E-state index contributed by atoms with van der Waals surface area (Å²) >= 11 is 0. The van der Waals surface area contributed by atoms with E-state index < -0.39 is 0 Å². The van der Waals surface area contributed by atoms with E-state index in [4.69, 9.17) is 15.2 Å². The average molecular weight is 311 g/mol. The van der Waals surface area contributed by atoms with Crippen LogP contribution in [-0.2, 0) is 11.2 Å². The van der Waals surface area contributed by atoms with Gasteiger partial charge in [0, 0.05) is 12.7 Å². The van der Waals surface area contributed by atoms with Crippen molar-refractivity contribution in [3.8, 4) is 5.75 Å². The number of rotatable bonds is 9. The highest BCUT2D eigenvalue weighted by Gasteiger charge is 2.00. The van der Waals surface area contributed by atoms with Crippen LogP contribution in [0.25, 0.3) is 12.2 Å². The standard InChI is InChI=1S/C20H25NO2/c1-22-14-15-23-20-10-3-2-9-19(20)12-11-18-7-4-6-17(16-18)8-5-13-21/h2-4,6-7,9-12,16H,5,8,13-15,21H2,1H3/b12-11+. The minimum Gasteiger partial charge on any atom is -0.491 e. The lowest BCUT2D eigenvalue weighted by atomic mass is 10.1. The van der Waals surface area contributed by atoms with Crippen molar-refractivity contribution in [2.45, 2.75) is 12.8 Å². The molecule has 0 fully saturated rings. The van der Waals surface area contributed by atoms with E-state index in [-0.39, 0.29) is 0 Å². The molecule has 0 saturated carbocycles. The fourth-order valence-corrected chi connectivity index (χ4v) is 2.33. The van der Waals surface area contributed by atoms with Crippen LogP contribution in [0.5, 0.6) is 5.75 Å². The van der Waals surface area contributed by atoms with Gasteiger partial charge in [0.25, 0.3) is 0 Å². The molecule has 0 amide bonds. The van der Waals surface area contributed by atoms with E-state index in [1.807, 2.05) is 18.2 Å². The van der Waals surface area contributed by atoms with Gasteiger partial charge in [0.05, 0.1) is 6.61 Å². The van der Waals surface area contributed by atoms with Gasteiger partial charge >= 0.3 is 0 Å². The van der Waals surface area contributed by atoms with E-state index in [0.717, 1.165) is 30.7 Å². The summed E-state index contributed by atoms with van der Waals surface area (Å²) < 4.78 is 10.8. The van der Waals surface area contributed by atoms with E-state index in [9.17, 15) is 0 Å². The third-order valence-corrected chi connectivity index (χ3v) is 3.54. The third-order valence-electron chi connectivity index (χ3n) is 3.54. The van der Waals surface area contributed by atoms with Crippen LogP contribution < -0.4 is 10.5 Å². The number of aryl methyl sites for hydroxylation is 1. The van der Waals surface area contributed by atoms with Gasteiger partial charge in [-0.05, 0) is 36.6 Å². The molecule has 122 valence electrons. The summed E-state index contributed by atoms with van der Waals surface area (Å²) in [5, 5.41) is 0. The lowest BCUT2D eigenvalue weighted by molar-refractivity contribution is 0.146. The molecule has 2 N–H and O–H groups in total. The van der Waals surface area contributed by atoms with E-state index in [1.165, 1.54) is 11.1 Å². The Balaban J connectivity index is 2.07. The molecule has 0 aliphatic carbocycles. The number of hydrogen-bond donors (Lipinski definition) is 1. The summed E-state index contributed by atoms with van der Waals surface area (Å²) in [4.78, 5) is 0. The predicted molar refractivity (Wildman–Crippen MR) is 96.6 cm³/mol. The molecular weight excluding hydrogens is 286 g/mol. The lowest BCUT2D eigenvalue weighted by Gasteiger charge is -2.08. The molecule has 3 heteroatoms. The minimum absolute atomic E-state index is 0.552. The number of para-hydroxylation sites is 1. The molecule has 0 bridgehead atoms. The molecule has 0 heterocycles. The summed E-state index contributed by atoms with van der Waals surface area (Å²) in [7, 11) is 1.67. The zero-order valence-corrected chi connectivity index (χ0v) is 13.7. The first-order chi connectivity index (χ1) is 11.3. The van der Waals surface area contributed by atoms with Crippen LogP contribution in [0.2, 0.25) is 0 Å². The summed E-state index contributed by atoms with van der Waals surface area (Å²) in [5.41, 5.74) is 9.15. The normalized spacial score (nSPS) is 11.0. The van der Waals surface area contributed by atoms with Crippen molar-refractivity contribution in [1.29, 1.82) is 0 Å². The minimum atomic E-state index is 0.552. The van der Waals surface area contributed by atoms with Gasteiger partial charge in [0.15, 0.2) is 0 Å². The zero-order valence-electron chi connectivity index (χ0n) is 13.7. The second kappa shape index (κ2) is 9.82. The van der Waals surface area contributed by atoms with Crippen LogP contribution in [0.4, 0.5) is 0 Å². The number of hydrogen-bond acceptors (Lipinski definition) is 3. The van der Waals surface area contributed by atoms with Crippen LogP contribution in [0.3, 0.4) is 0 Å². The van der Waals surface area contributed by atoms with Crippen molar-refractivity contribution in [2.75, 3.05) is 26.9 Å². The molecule has 2 aromatic carbocycles. The van der Waals surface area contributed by atoms with E-state index in [0.29, 0.717) is 13.2 Å². The highest BCUT2D eigenvalue weighted by Crippen LogP contribution is 2.21. The van der Waals surface area contributed by atoms with Crippen LogP contribution in [0, 0.1) is 0 Å². The van der Waals surface area contributed by atoms with Gasteiger partial charge < -0.3 is 15.2 Å². The lowest BCUT2D eigenvalue weighted by Crippen LogP contribution is -2.04. The molecule has 0 unspecified atom stereocenters. The number of benzene rings is 2. The topological polar surface area (TPSA) is 44.5 Å². The van der Waals surface area contributed by atoms with Crippen molar-refractivity contribution in [3.63, 3.8) is 0 Å². The molecule has 2 aromatic rings. The zero-order chi connectivity index (χ0) is 16.3. The maximum Gasteiger partial charge on any atom is 0.126 e. The summed E-state index contributed by atoms with van der Waals surface area (Å²) in [5.74, 6) is 0.875. The first-order valence-electron chi connectivity index (χ1n) is 8.01. The Morgan fingerprint density at radius 3 is 2.70 bits per heavy atom. The number of nitrogens with two attached hydrogens (primary N) is 1. The molecule has 0 aromatic heterocycles. The van der Waals surface area contributed by atoms with Gasteiger partial charge in [-0.1, -0.05) is 54.6 Å². The van der Waals surface area contributed by atoms with E-state index >= 15 is 0 Å². The van der Waals surface area contributed by atoms with Crippen molar-refractivity contribution in [3.05, 3.63) is 65.2 Å². The van der Waals surface area contributed by atoms with Crippen LogP contribution in [0.15, 0.2) is 48.5 Å². The molecule has 0 atom stereocenters. The predicted octanol–water partition coefficient (Wildman–Crippen LogP) is 3.77. The molecular formula is C20H25NO2. The molecule has 2 rings (SSSR count). The Morgan fingerprint density at radius 1 is 1.00 bits per heavy atom. The highest BCUT2D eigenvalue weighted by atomic mass is 16.5. The van der Waals surface area contributed by atoms with Gasteiger partial charge in [0.2, 0.25) is 0 Å². The van der Waals surface area contributed by atoms with Gasteiger partial charge in [-0.15, -0.1) is 0 Å². The Bertz CT molecular complexity index is 623. The first kappa shape index (κ1) is 17.3. The van der Waals surface area contributed by atoms with Crippen LogP contribution >= 0.6 is 0 Å². The van der Waals surface area contributed by atoms with E-state index in [1.54, 1.807) is 7.11 Å². The van der Waals surface area contributed by atoms with Gasteiger partial charge in [-0.25, -0.2) is 0 Å². The Kier molecular flexibility index (Phi) is 7.37. The fraction of sp³-hybridized carbons (Fsp3) is 0.300. The van der Waals surface area contributed by atoms with Crippen molar-refractivity contribution < 1.29 is 9.47 Å². The highest BCUT2D eigenvalue weighted by molar-refractivity contribution is 5.72. The monoisotopic (exact) mass is 311 g/mol. The molecule has 0 aliphatic rings. The summed E-state index contributed by atoms with van der Waals surface area (Å²) in [6.07, 6.45) is 6.24. The first-order valence-corrected chi connectivity index (χ1v) is 8.01. The number of ether oxygens (including phenoxy) is 2. The molecule has 0 saturated heterocycles.